The fourth-order valence-electron chi connectivity index (χ4n) is 0.785. The predicted octanol–water partition coefficient (Wildman–Crippen LogP) is 1.47. The molecule has 0 aromatic heterocycles. The number of nitrogens with two attached hydrogens (primary N) is 1. The van der Waals surface area contributed by atoms with Crippen molar-refractivity contribution in [3.05, 3.63) is 0 Å². The molecule has 6 heteroatoms. The zero-order valence-corrected chi connectivity index (χ0v) is 11.1. The molecule has 88 valence electrons. The van der Waals surface area contributed by atoms with Crippen LogP contribution in [0.15, 0.2) is 0 Å². The van der Waals surface area contributed by atoms with Gasteiger partial charge >= 0.3 is 0 Å². The maximum atomic E-state index is 5.26. The van der Waals surface area contributed by atoms with Crippen molar-refractivity contribution in [2.75, 3.05) is 33.8 Å². The quantitative estimate of drug-likeness (QED) is 0.737. The number of thiocarbonyl (C=S) groups is 1. The summed E-state index contributed by atoms with van der Waals surface area (Å²) >= 11 is 4.98. The Morgan fingerprint density at radius 1 is 1.36 bits per heavy atom. The molecule has 0 saturated heterocycles. The van der Waals surface area contributed by atoms with Crippen LogP contribution in [0.2, 0.25) is 0 Å². The highest BCUT2D eigenvalue weighted by atomic mass is 35.5. The molecule has 0 amide bonds. The third-order valence-corrected chi connectivity index (χ3v) is 1.69. The first-order valence-electron chi connectivity index (χ1n) is 4.17. The van der Waals surface area contributed by atoms with Gasteiger partial charge in [-0.2, -0.15) is 0 Å². The summed E-state index contributed by atoms with van der Waals surface area (Å²) < 4.78 is 5.16. The highest BCUT2D eigenvalue weighted by Gasteiger charge is 1.97. The van der Waals surface area contributed by atoms with Gasteiger partial charge in [0, 0.05) is 13.0 Å². The Morgan fingerprint density at radius 2 is 1.93 bits per heavy atom. The van der Waals surface area contributed by atoms with Crippen LogP contribution >= 0.6 is 37.0 Å². The summed E-state index contributed by atoms with van der Waals surface area (Å²) in [6.07, 6.45) is 1.91. The van der Waals surface area contributed by atoms with Crippen LogP contribution in [0.25, 0.3) is 0 Å². The zero-order chi connectivity index (χ0) is 9.40. The summed E-state index contributed by atoms with van der Waals surface area (Å²) in [5.74, 6) is 0. The van der Waals surface area contributed by atoms with Crippen molar-refractivity contribution < 1.29 is 4.74 Å². The molecule has 2 N–H and O–H groups in total. The summed E-state index contributed by atoms with van der Waals surface area (Å²) in [4.78, 5) is 2.13. The third-order valence-electron chi connectivity index (χ3n) is 1.37. The Morgan fingerprint density at radius 3 is 2.36 bits per heavy atom. The Labute approximate surface area is 104 Å². The van der Waals surface area contributed by atoms with Crippen molar-refractivity contribution in [3.8, 4) is 0 Å². The van der Waals surface area contributed by atoms with E-state index in [1.807, 2.05) is 14.1 Å². The van der Waals surface area contributed by atoms with E-state index in [1.54, 1.807) is 0 Å². The van der Waals surface area contributed by atoms with Crippen LogP contribution in [0.1, 0.15) is 12.8 Å². The average Bonchev–Trinajstić information content (AvgIpc) is 2.00. The molecule has 0 atom stereocenters. The Balaban J connectivity index is -0.000000605. The summed E-state index contributed by atoms with van der Waals surface area (Å²) in [6.45, 7) is 2.13. The molecule has 0 fully saturated rings. The lowest BCUT2D eigenvalue weighted by Crippen LogP contribution is -2.16. The first kappa shape index (κ1) is 19.9. The van der Waals surface area contributed by atoms with Crippen LogP contribution in [-0.4, -0.2) is 43.7 Å². The maximum absolute atomic E-state index is 5.26. The summed E-state index contributed by atoms with van der Waals surface area (Å²) in [5.41, 5.74) is 5.26. The van der Waals surface area contributed by atoms with Crippen molar-refractivity contribution in [3.63, 3.8) is 0 Å². The molecule has 14 heavy (non-hydrogen) atoms. The first-order valence-corrected chi connectivity index (χ1v) is 4.58. The SMILES string of the molecule is CN(C)CCCC(=S)OCCN.Cl.Cl. The molecule has 0 aromatic rings. The molecule has 0 unspecified atom stereocenters. The molecule has 0 aliphatic heterocycles. The van der Waals surface area contributed by atoms with Crippen LogP contribution in [0, 0.1) is 0 Å². The minimum Gasteiger partial charge on any atom is -0.486 e. The van der Waals surface area contributed by atoms with Gasteiger partial charge < -0.3 is 15.4 Å². The van der Waals surface area contributed by atoms with Gasteiger partial charge in [-0.05, 0) is 39.3 Å². The summed E-state index contributed by atoms with van der Waals surface area (Å²) in [7, 11) is 4.09. The highest BCUT2D eigenvalue weighted by molar-refractivity contribution is 7.80. The highest BCUT2D eigenvalue weighted by Crippen LogP contribution is 1.95. The first-order chi connectivity index (χ1) is 5.66. The Hall–Kier alpha value is 0.390. The smallest absolute Gasteiger partial charge is 0.159 e. The molecule has 3 nitrogen and oxygen atoms in total. The van der Waals surface area contributed by atoms with Crippen LogP contribution in [0.3, 0.4) is 0 Å². The summed E-state index contributed by atoms with van der Waals surface area (Å²) in [6, 6.07) is 0. The molecule has 0 heterocycles. The van der Waals surface area contributed by atoms with Crippen molar-refractivity contribution in [1.29, 1.82) is 0 Å². The largest absolute Gasteiger partial charge is 0.486 e. The van der Waals surface area contributed by atoms with E-state index in [0.29, 0.717) is 18.2 Å². The van der Waals surface area contributed by atoms with E-state index in [0.717, 1.165) is 19.4 Å². The van der Waals surface area contributed by atoms with Crippen molar-refractivity contribution >= 4 is 42.1 Å². The van der Waals surface area contributed by atoms with Gasteiger partial charge in [-0.25, -0.2) is 0 Å². The van der Waals surface area contributed by atoms with Gasteiger partial charge in [0.25, 0.3) is 0 Å². The van der Waals surface area contributed by atoms with Gasteiger partial charge in [0.05, 0.1) is 0 Å². The lowest BCUT2D eigenvalue weighted by Gasteiger charge is -2.09. The molecule has 0 bridgehead atoms. The monoisotopic (exact) mass is 262 g/mol. The fraction of sp³-hybridized carbons (Fsp3) is 0.875. The van der Waals surface area contributed by atoms with Gasteiger partial charge in [-0.3, -0.25) is 0 Å². The normalized spacial score (nSPS) is 8.86. The van der Waals surface area contributed by atoms with E-state index in [-0.39, 0.29) is 24.8 Å². The topological polar surface area (TPSA) is 38.5 Å². The van der Waals surface area contributed by atoms with Gasteiger partial charge in [0.15, 0.2) is 5.05 Å². The number of rotatable bonds is 6. The van der Waals surface area contributed by atoms with E-state index in [9.17, 15) is 0 Å². The minimum atomic E-state index is 0. The van der Waals surface area contributed by atoms with E-state index in [1.165, 1.54) is 0 Å². The summed E-state index contributed by atoms with van der Waals surface area (Å²) in [5, 5.41) is 0.683. The molecule has 0 aromatic carbocycles. The zero-order valence-electron chi connectivity index (χ0n) is 8.69. The van der Waals surface area contributed by atoms with Crippen molar-refractivity contribution in [2.24, 2.45) is 5.73 Å². The van der Waals surface area contributed by atoms with Gasteiger partial charge in [-0.1, -0.05) is 0 Å². The molecular weight excluding hydrogens is 243 g/mol. The minimum absolute atomic E-state index is 0. The van der Waals surface area contributed by atoms with Crippen LogP contribution in [0.5, 0.6) is 0 Å². The van der Waals surface area contributed by atoms with E-state index in [4.69, 9.17) is 22.7 Å². The van der Waals surface area contributed by atoms with Crippen LogP contribution in [0.4, 0.5) is 0 Å². The number of halogens is 2. The average molecular weight is 263 g/mol. The van der Waals surface area contributed by atoms with Crippen LogP contribution in [-0.2, 0) is 4.74 Å². The molecular formula is C8H20Cl2N2OS. The van der Waals surface area contributed by atoms with E-state index in [2.05, 4.69) is 4.90 Å². The van der Waals surface area contributed by atoms with Crippen molar-refractivity contribution in [1.82, 2.24) is 4.90 Å². The molecule has 0 saturated carbocycles. The molecule has 0 radical (unpaired) electrons. The van der Waals surface area contributed by atoms with E-state index >= 15 is 0 Å². The second-order valence-electron chi connectivity index (χ2n) is 2.92. The second-order valence-corrected chi connectivity index (χ2v) is 3.37. The molecule has 0 aliphatic rings. The standard InChI is InChI=1S/C8H18N2OS.2ClH/c1-10(2)6-3-4-8(12)11-7-5-9;;/h3-7,9H2,1-2H3;2*1H. The third kappa shape index (κ3) is 14.9. The molecule has 0 spiro atoms. The Bertz CT molecular complexity index is 137. The van der Waals surface area contributed by atoms with Crippen molar-refractivity contribution in [2.45, 2.75) is 12.8 Å². The predicted molar refractivity (Wildman–Crippen MR) is 69.9 cm³/mol. The van der Waals surface area contributed by atoms with Gasteiger partial charge in [0.1, 0.15) is 6.61 Å². The fourth-order valence-corrected chi connectivity index (χ4v) is 1.01. The number of nitrogens with zero attached hydrogens (tertiary/aromatic N) is 1. The maximum Gasteiger partial charge on any atom is 0.159 e. The molecule has 0 aliphatic carbocycles. The number of ether oxygens (including phenoxy) is 1. The lowest BCUT2D eigenvalue weighted by molar-refractivity contribution is 0.310. The number of hydrogen-bond donors (Lipinski definition) is 1. The molecule has 0 rings (SSSR count). The van der Waals surface area contributed by atoms with Crippen LogP contribution < -0.4 is 5.73 Å². The second kappa shape index (κ2) is 13.4. The number of hydrogen-bond acceptors (Lipinski definition) is 4. The Kier molecular flexibility index (Phi) is 19.0. The van der Waals surface area contributed by atoms with E-state index < -0.39 is 0 Å². The lowest BCUT2D eigenvalue weighted by atomic mass is 10.3. The van der Waals surface area contributed by atoms with Gasteiger partial charge in [0.2, 0.25) is 0 Å². The van der Waals surface area contributed by atoms with Gasteiger partial charge in [-0.15, -0.1) is 24.8 Å².